The fourth-order valence-corrected chi connectivity index (χ4v) is 4.05. The van der Waals surface area contributed by atoms with Gasteiger partial charge in [0.05, 0.1) is 0 Å². The van der Waals surface area contributed by atoms with Crippen LogP contribution < -0.4 is 0 Å². The Kier molecular flexibility index (Phi) is 6.41. The van der Waals surface area contributed by atoms with Gasteiger partial charge in [0.2, 0.25) is 11.8 Å². The lowest BCUT2D eigenvalue weighted by Gasteiger charge is -2.39. The molecule has 0 N–H and O–H groups in total. The Bertz CT molecular complexity index is 1020. The van der Waals surface area contributed by atoms with Crippen LogP contribution in [0.1, 0.15) is 17.5 Å². The molecule has 4 rings (SSSR count). The summed E-state index contributed by atoms with van der Waals surface area (Å²) in [6.07, 6.45) is 5.18. The maximum Gasteiger partial charge on any atom is 0.245 e. The Morgan fingerprint density at radius 1 is 0.903 bits per heavy atom. The van der Waals surface area contributed by atoms with Crippen molar-refractivity contribution in [2.24, 2.45) is 0 Å². The second-order valence-corrected chi connectivity index (χ2v) is 7.99. The van der Waals surface area contributed by atoms with E-state index in [1.807, 2.05) is 61.6 Å². The summed E-state index contributed by atoms with van der Waals surface area (Å²) in [5.41, 5.74) is 4.40. The minimum absolute atomic E-state index is 0.0116. The lowest BCUT2D eigenvalue weighted by molar-refractivity contribution is -0.150. The number of likely N-dealkylation sites (N-methyl/N-ethyl adjacent to an activating group) is 1. The quantitative estimate of drug-likeness (QED) is 0.621. The molecule has 2 aromatic carbocycles. The Morgan fingerprint density at radius 3 is 2.29 bits per heavy atom. The molecule has 0 saturated carbocycles. The predicted octanol–water partition coefficient (Wildman–Crippen LogP) is 3.59. The normalized spacial score (nSPS) is 16.4. The third kappa shape index (κ3) is 5.00. The van der Waals surface area contributed by atoms with Crippen molar-refractivity contribution in [3.05, 3.63) is 90.3 Å². The molecule has 1 atom stereocenters. The molecule has 5 nitrogen and oxygen atoms in total. The van der Waals surface area contributed by atoms with Crippen molar-refractivity contribution in [3.8, 4) is 11.1 Å². The van der Waals surface area contributed by atoms with Gasteiger partial charge in [-0.1, -0.05) is 54.6 Å². The number of hydrogen-bond donors (Lipinski definition) is 0. The lowest BCUT2D eigenvalue weighted by Crippen LogP contribution is -2.58. The third-order valence-corrected chi connectivity index (χ3v) is 5.90. The molecule has 1 unspecified atom stereocenters. The van der Waals surface area contributed by atoms with Crippen molar-refractivity contribution in [1.29, 1.82) is 0 Å². The molecule has 1 fully saturated rings. The van der Waals surface area contributed by atoms with Crippen LogP contribution in [0.2, 0.25) is 0 Å². The zero-order chi connectivity index (χ0) is 21.6. The first-order valence-corrected chi connectivity index (χ1v) is 10.7. The summed E-state index contributed by atoms with van der Waals surface area (Å²) in [6.45, 7) is 1.16. The molecule has 158 valence electrons. The number of hydrogen-bond acceptors (Lipinski definition) is 3. The van der Waals surface area contributed by atoms with Crippen LogP contribution >= 0.6 is 0 Å². The van der Waals surface area contributed by atoms with Crippen molar-refractivity contribution in [2.45, 2.75) is 25.3 Å². The van der Waals surface area contributed by atoms with Crippen LogP contribution in [0.3, 0.4) is 0 Å². The van der Waals surface area contributed by atoms with E-state index in [4.69, 9.17) is 0 Å². The number of benzene rings is 2. The largest absolute Gasteiger partial charge is 0.342 e. The van der Waals surface area contributed by atoms with Gasteiger partial charge in [0.1, 0.15) is 6.04 Å². The first-order valence-electron chi connectivity index (χ1n) is 10.7. The maximum absolute atomic E-state index is 13.0. The summed E-state index contributed by atoms with van der Waals surface area (Å²) in [5.74, 6) is 0.0567. The van der Waals surface area contributed by atoms with Gasteiger partial charge in [-0.2, -0.15) is 0 Å². The summed E-state index contributed by atoms with van der Waals surface area (Å²) >= 11 is 0. The topological polar surface area (TPSA) is 53.5 Å². The minimum Gasteiger partial charge on any atom is -0.342 e. The van der Waals surface area contributed by atoms with Crippen LogP contribution in [-0.2, 0) is 22.4 Å². The Labute approximate surface area is 183 Å². The van der Waals surface area contributed by atoms with Crippen molar-refractivity contribution < 1.29 is 9.59 Å². The number of pyridine rings is 1. The van der Waals surface area contributed by atoms with Gasteiger partial charge in [0.15, 0.2) is 0 Å². The average Bonchev–Trinajstić information content (AvgIpc) is 2.82. The number of aromatic nitrogens is 1. The highest BCUT2D eigenvalue weighted by atomic mass is 16.2. The SMILES string of the molecule is CN1CCN(C(=O)CCc2ccccc2)C(Cc2ccc(-c3ccncc3)cc2)C1=O. The highest BCUT2D eigenvalue weighted by Gasteiger charge is 2.35. The number of carbonyl (C=O) groups excluding carboxylic acids is 2. The molecule has 0 aliphatic carbocycles. The van der Waals surface area contributed by atoms with E-state index in [-0.39, 0.29) is 11.8 Å². The molecule has 2 heterocycles. The zero-order valence-corrected chi connectivity index (χ0v) is 17.8. The van der Waals surface area contributed by atoms with E-state index in [9.17, 15) is 9.59 Å². The molecule has 0 radical (unpaired) electrons. The minimum atomic E-state index is -0.450. The van der Waals surface area contributed by atoms with Gasteiger partial charge in [0.25, 0.3) is 0 Å². The molecule has 1 saturated heterocycles. The van der Waals surface area contributed by atoms with Crippen LogP contribution in [0.15, 0.2) is 79.1 Å². The van der Waals surface area contributed by atoms with Gasteiger partial charge in [-0.05, 0) is 40.8 Å². The van der Waals surface area contributed by atoms with Crippen LogP contribution in [0.25, 0.3) is 11.1 Å². The third-order valence-electron chi connectivity index (χ3n) is 5.90. The number of carbonyl (C=O) groups is 2. The molecule has 2 amide bonds. The van der Waals surface area contributed by atoms with Crippen molar-refractivity contribution in [2.75, 3.05) is 20.1 Å². The van der Waals surface area contributed by atoms with Gasteiger partial charge in [0, 0.05) is 45.4 Å². The van der Waals surface area contributed by atoms with E-state index >= 15 is 0 Å². The predicted molar refractivity (Wildman–Crippen MR) is 121 cm³/mol. The highest BCUT2D eigenvalue weighted by molar-refractivity contribution is 5.89. The summed E-state index contributed by atoms with van der Waals surface area (Å²) in [7, 11) is 1.81. The van der Waals surface area contributed by atoms with E-state index in [1.165, 1.54) is 0 Å². The molecule has 1 aliphatic rings. The molecule has 5 heteroatoms. The van der Waals surface area contributed by atoms with Crippen molar-refractivity contribution >= 4 is 11.8 Å². The first-order chi connectivity index (χ1) is 15.1. The molecule has 1 aliphatic heterocycles. The molecular weight excluding hydrogens is 386 g/mol. The van der Waals surface area contributed by atoms with Gasteiger partial charge in [-0.3, -0.25) is 14.6 Å². The Balaban J connectivity index is 1.46. The van der Waals surface area contributed by atoms with Crippen LogP contribution in [0.4, 0.5) is 0 Å². The summed E-state index contributed by atoms with van der Waals surface area (Å²) in [4.78, 5) is 33.5. The molecule has 31 heavy (non-hydrogen) atoms. The molecule has 3 aromatic rings. The van der Waals surface area contributed by atoms with Crippen molar-refractivity contribution in [3.63, 3.8) is 0 Å². The lowest BCUT2D eigenvalue weighted by atomic mass is 9.98. The Morgan fingerprint density at radius 2 is 1.58 bits per heavy atom. The van der Waals surface area contributed by atoms with E-state index < -0.39 is 6.04 Å². The molecule has 1 aromatic heterocycles. The monoisotopic (exact) mass is 413 g/mol. The van der Waals surface area contributed by atoms with E-state index in [0.717, 1.165) is 22.3 Å². The van der Waals surface area contributed by atoms with E-state index in [1.54, 1.807) is 22.2 Å². The molecule has 0 bridgehead atoms. The van der Waals surface area contributed by atoms with Gasteiger partial charge >= 0.3 is 0 Å². The number of aryl methyl sites for hydroxylation is 1. The molecular formula is C26H27N3O2. The number of amides is 2. The smallest absolute Gasteiger partial charge is 0.245 e. The second kappa shape index (κ2) is 9.56. The Hall–Kier alpha value is -3.47. The highest BCUT2D eigenvalue weighted by Crippen LogP contribution is 2.22. The molecule has 0 spiro atoms. The summed E-state index contributed by atoms with van der Waals surface area (Å²) in [5, 5.41) is 0. The van der Waals surface area contributed by atoms with Crippen LogP contribution in [0, 0.1) is 0 Å². The van der Waals surface area contributed by atoms with Crippen molar-refractivity contribution in [1.82, 2.24) is 14.8 Å². The van der Waals surface area contributed by atoms with Gasteiger partial charge in [-0.15, -0.1) is 0 Å². The summed E-state index contributed by atoms with van der Waals surface area (Å²) < 4.78 is 0. The van der Waals surface area contributed by atoms with Gasteiger partial charge in [-0.25, -0.2) is 0 Å². The van der Waals surface area contributed by atoms with E-state index in [2.05, 4.69) is 17.1 Å². The van der Waals surface area contributed by atoms with Gasteiger partial charge < -0.3 is 9.80 Å². The first kappa shape index (κ1) is 20.8. The second-order valence-electron chi connectivity index (χ2n) is 7.99. The fraction of sp³-hybridized carbons (Fsp3) is 0.269. The fourth-order valence-electron chi connectivity index (χ4n) is 4.05. The summed E-state index contributed by atoms with van der Waals surface area (Å²) in [6, 6.07) is 21.7. The van der Waals surface area contributed by atoms with Crippen LogP contribution in [-0.4, -0.2) is 52.8 Å². The number of rotatable bonds is 6. The number of nitrogens with zero attached hydrogens (tertiary/aromatic N) is 3. The standard InChI is InChI=1S/C26H27N3O2/c1-28-17-18-29(25(30)12-9-20-5-3-2-4-6-20)24(26(28)31)19-21-7-10-22(11-8-21)23-13-15-27-16-14-23/h2-8,10-11,13-16,24H,9,12,17-19H2,1H3. The number of piperazine rings is 1. The average molecular weight is 414 g/mol. The maximum atomic E-state index is 13.0. The zero-order valence-electron chi connectivity index (χ0n) is 17.8. The van der Waals surface area contributed by atoms with Crippen LogP contribution in [0.5, 0.6) is 0 Å². The van der Waals surface area contributed by atoms with E-state index in [0.29, 0.717) is 32.4 Å².